The van der Waals surface area contributed by atoms with Crippen molar-refractivity contribution >= 4 is 17.5 Å². The highest BCUT2D eigenvalue weighted by molar-refractivity contribution is 6.05. The van der Waals surface area contributed by atoms with E-state index in [4.69, 9.17) is 0 Å². The van der Waals surface area contributed by atoms with Gasteiger partial charge in [0, 0.05) is 25.6 Å². The Balaban J connectivity index is 1.52. The van der Waals surface area contributed by atoms with Crippen molar-refractivity contribution < 1.29 is 9.59 Å². The quantitative estimate of drug-likeness (QED) is 0.720. The average molecular weight is 374 g/mol. The third kappa shape index (κ3) is 3.81. The fraction of sp³-hybridized carbons (Fsp3) is 0.227. The average Bonchev–Trinajstić information content (AvgIpc) is 3.29. The summed E-state index contributed by atoms with van der Waals surface area (Å²) in [7, 11) is 1.85. The summed E-state index contributed by atoms with van der Waals surface area (Å²) in [6, 6.07) is 17.7. The summed E-state index contributed by atoms with van der Waals surface area (Å²) in [4.78, 5) is 24.4. The van der Waals surface area contributed by atoms with Gasteiger partial charge in [0.25, 0.3) is 5.91 Å². The van der Waals surface area contributed by atoms with Gasteiger partial charge in [-0.15, -0.1) is 0 Å². The van der Waals surface area contributed by atoms with E-state index in [2.05, 4.69) is 15.7 Å². The van der Waals surface area contributed by atoms with E-state index in [0.717, 1.165) is 23.2 Å². The van der Waals surface area contributed by atoms with Gasteiger partial charge in [0.15, 0.2) is 0 Å². The second-order valence-electron chi connectivity index (χ2n) is 7.03. The molecule has 2 aromatic carbocycles. The molecular formula is C22H22N4O2. The first-order valence-corrected chi connectivity index (χ1v) is 9.35. The predicted molar refractivity (Wildman–Crippen MR) is 107 cm³/mol. The van der Waals surface area contributed by atoms with Crippen LogP contribution < -0.4 is 10.6 Å². The van der Waals surface area contributed by atoms with Crippen LogP contribution in [-0.4, -0.2) is 21.6 Å². The van der Waals surface area contributed by atoms with Crippen LogP contribution >= 0.6 is 0 Å². The number of benzene rings is 2. The minimum atomic E-state index is -0.188. The van der Waals surface area contributed by atoms with E-state index in [9.17, 15) is 9.59 Å². The van der Waals surface area contributed by atoms with Crippen molar-refractivity contribution in [2.75, 3.05) is 5.32 Å². The first kappa shape index (κ1) is 18.0. The van der Waals surface area contributed by atoms with Gasteiger partial charge in [-0.1, -0.05) is 42.5 Å². The van der Waals surface area contributed by atoms with E-state index in [0.29, 0.717) is 24.1 Å². The van der Waals surface area contributed by atoms with Crippen LogP contribution in [-0.2, 0) is 18.3 Å². The van der Waals surface area contributed by atoms with Crippen molar-refractivity contribution in [1.29, 1.82) is 0 Å². The smallest absolute Gasteiger partial charge is 0.259 e. The number of nitrogens with one attached hydrogen (secondary N) is 2. The zero-order valence-electron chi connectivity index (χ0n) is 15.7. The summed E-state index contributed by atoms with van der Waals surface area (Å²) >= 11 is 0. The molecule has 28 heavy (non-hydrogen) atoms. The number of anilines is 1. The summed E-state index contributed by atoms with van der Waals surface area (Å²) in [5.74, 6) is -0.119. The van der Waals surface area contributed by atoms with Crippen molar-refractivity contribution in [2.45, 2.75) is 25.3 Å². The van der Waals surface area contributed by atoms with E-state index in [1.165, 1.54) is 0 Å². The standard InChI is InChI=1S/C22H22N4O2/c1-26-20(12-15-6-3-2-4-7-15)18(14-23-26)22(28)24-17-9-5-8-16(13-17)19-10-11-21(27)25-19/h2-9,13-14,19H,10-12H2,1H3,(H,24,28)(H,25,27). The topological polar surface area (TPSA) is 76.0 Å². The molecule has 6 nitrogen and oxygen atoms in total. The maximum absolute atomic E-state index is 12.9. The Bertz CT molecular complexity index is 1010. The number of aromatic nitrogens is 2. The van der Waals surface area contributed by atoms with Crippen LogP contribution in [0.5, 0.6) is 0 Å². The molecule has 3 aromatic rings. The Kier molecular flexibility index (Phi) is 4.93. The van der Waals surface area contributed by atoms with Gasteiger partial charge in [-0.05, 0) is 29.7 Å². The number of carbonyl (C=O) groups is 2. The van der Waals surface area contributed by atoms with Crippen LogP contribution in [0.4, 0.5) is 5.69 Å². The van der Waals surface area contributed by atoms with Crippen LogP contribution in [0.3, 0.4) is 0 Å². The van der Waals surface area contributed by atoms with E-state index in [-0.39, 0.29) is 17.9 Å². The zero-order chi connectivity index (χ0) is 19.5. The number of aryl methyl sites for hydroxylation is 1. The maximum Gasteiger partial charge on any atom is 0.259 e. The van der Waals surface area contributed by atoms with Crippen LogP contribution in [0, 0.1) is 0 Å². The molecule has 1 fully saturated rings. The molecule has 2 heterocycles. The lowest BCUT2D eigenvalue weighted by molar-refractivity contribution is -0.119. The molecule has 0 bridgehead atoms. The molecule has 2 amide bonds. The van der Waals surface area contributed by atoms with E-state index < -0.39 is 0 Å². The largest absolute Gasteiger partial charge is 0.349 e. The predicted octanol–water partition coefficient (Wildman–Crippen LogP) is 3.21. The Morgan fingerprint density at radius 1 is 1.21 bits per heavy atom. The Morgan fingerprint density at radius 3 is 2.79 bits per heavy atom. The van der Waals surface area contributed by atoms with Crippen molar-refractivity contribution in [3.05, 3.63) is 83.2 Å². The normalized spacial score (nSPS) is 16.0. The van der Waals surface area contributed by atoms with Gasteiger partial charge in [-0.25, -0.2) is 0 Å². The third-order valence-corrected chi connectivity index (χ3v) is 5.06. The molecule has 0 aliphatic carbocycles. The molecule has 6 heteroatoms. The Hall–Kier alpha value is -3.41. The summed E-state index contributed by atoms with van der Waals surface area (Å²) < 4.78 is 1.74. The summed E-state index contributed by atoms with van der Waals surface area (Å²) in [5, 5.41) is 10.2. The lowest BCUT2D eigenvalue weighted by Crippen LogP contribution is -2.19. The molecule has 142 valence electrons. The van der Waals surface area contributed by atoms with Crippen molar-refractivity contribution in [3.63, 3.8) is 0 Å². The SMILES string of the molecule is Cn1ncc(C(=O)Nc2cccc(C3CCC(=O)N3)c2)c1Cc1ccccc1. The number of carbonyl (C=O) groups excluding carboxylic acids is 2. The Morgan fingerprint density at radius 2 is 2.04 bits per heavy atom. The molecular weight excluding hydrogens is 352 g/mol. The molecule has 1 unspecified atom stereocenters. The summed E-state index contributed by atoms with van der Waals surface area (Å²) in [6.07, 6.45) is 3.56. The molecule has 1 atom stereocenters. The number of hydrogen-bond acceptors (Lipinski definition) is 3. The molecule has 1 aliphatic heterocycles. The first-order valence-electron chi connectivity index (χ1n) is 9.35. The number of amides is 2. The molecule has 0 saturated carbocycles. The highest BCUT2D eigenvalue weighted by Crippen LogP contribution is 2.26. The molecule has 1 saturated heterocycles. The van der Waals surface area contributed by atoms with Crippen LogP contribution in [0.15, 0.2) is 60.8 Å². The molecule has 4 rings (SSSR count). The highest BCUT2D eigenvalue weighted by Gasteiger charge is 2.23. The van der Waals surface area contributed by atoms with E-state index in [1.807, 2.05) is 61.6 Å². The first-order chi connectivity index (χ1) is 13.6. The molecule has 0 spiro atoms. The van der Waals surface area contributed by atoms with Gasteiger partial charge >= 0.3 is 0 Å². The van der Waals surface area contributed by atoms with E-state index >= 15 is 0 Å². The summed E-state index contributed by atoms with van der Waals surface area (Å²) in [6.45, 7) is 0. The van der Waals surface area contributed by atoms with Gasteiger partial charge in [0.2, 0.25) is 5.91 Å². The van der Waals surface area contributed by atoms with Gasteiger partial charge in [0.05, 0.1) is 23.5 Å². The molecule has 2 N–H and O–H groups in total. The lowest BCUT2D eigenvalue weighted by atomic mass is 10.0. The van der Waals surface area contributed by atoms with Crippen molar-refractivity contribution in [1.82, 2.24) is 15.1 Å². The van der Waals surface area contributed by atoms with E-state index in [1.54, 1.807) is 10.9 Å². The number of rotatable bonds is 5. The minimum Gasteiger partial charge on any atom is -0.349 e. The monoisotopic (exact) mass is 374 g/mol. The third-order valence-electron chi connectivity index (χ3n) is 5.06. The fourth-order valence-electron chi connectivity index (χ4n) is 3.55. The zero-order valence-corrected chi connectivity index (χ0v) is 15.7. The van der Waals surface area contributed by atoms with Gasteiger partial charge in [-0.3, -0.25) is 14.3 Å². The fourth-order valence-corrected chi connectivity index (χ4v) is 3.55. The molecule has 1 aromatic heterocycles. The highest BCUT2D eigenvalue weighted by atomic mass is 16.2. The number of nitrogens with zero attached hydrogens (tertiary/aromatic N) is 2. The Labute approximate surface area is 163 Å². The summed E-state index contributed by atoms with van der Waals surface area (Å²) in [5.41, 5.74) is 4.26. The second-order valence-corrected chi connectivity index (χ2v) is 7.03. The second kappa shape index (κ2) is 7.68. The molecule has 0 radical (unpaired) electrons. The lowest BCUT2D eigenvalue weighted by Gasteiger charge is -2.13. The maximum atomic E-state index is 12.9. The van der Waals surface area contributed by atoms with Gasteiger partial charge in [0.1, 0.15) is 0 Å². The van der Waals surface area contributed by atoms with Crippen molar-refractivity contribution in [2.24, 2.45) is 7.05 Å². The molecule has 1 aliphatic rings. The van der Waals surface area contributed by atoms with Crippen LogP contribution in [0.1, 0.15) is 46.1 Å². The number of hydrogen-bond donors (Lipinski definition) is 2. The van der Waals surface area contributed by atoms with Crippen molar-refractivity contribution in [3.8, 4) is 0 Å². The van der Waals surface area contributed by atoms with Crippen LogP contribution in [0.25, 0.3) is 0 Å². The van der Waals surface area contributed by atoms with Gasteiger partial charge in [-0.2, -0.15) is 5.10 Å². The van der Waals surface area contributed by atoms with Crippen LogP contribution in [0.2, 0.25) is 0 Å². The van der Waals surface area contributed by atoms with Gasteiger partial charge < -0.3 is 10.6 Å². The minimum absolute atomic E-state index is 0.0105.